The number of hydrazine groups is 1. The minimum atomic E-state index is -0.778. The minimum Gasteiger partial charge on any atom is -0.322 e. The molecule has 2 aliphatic rings. The van der Waals surface area contributed by atoms with Crippen LogP contribution in [0, 0.1) is 17.0 Å². The molecule has 1 aliphatic carbocycles. The molecule has 174 valence electrons. The van der Waals surface area contributed by atoms with Crippen molar-refractivity contribution in [3.8, 4) is 0 Å². The van der Waals surface area contributed by atoms with Crippen LogP contribution in [0.3, 0.4) is 0 Å². The lowest BCUT2D eigenvalue weighted by Gasteiger charge is -2.27. The highest BCUT2D eigenvalue weighted by molar-refractivity contribution is 6.71. The van der Waals surface area contributed by atoms with E-state index in [9.17, 15) is 18.4 Å². The molecule has 0 bridgehead atoms. The summed E-state index contributed by atoms with van der Waals surface area (Å²) >= 11 is 5.72. The van der Waals surface area contributed by atoms with Crippen molar-refractivity contribution >= 4 is 45.5 Å². The number of nitrogens with one attached hydrogen (secondary N) is 3. The highest BCUT2D eigenvalue weighted by atomic mass is 35.5. The van der Waals surface area contributed by atoms with Gasteiger partial charge in [0.05, 0.1) is 17.0 Å². The Morgan fingerprint density at radius 1 is 1.24 bits per heavy atom. The van der Waals surface area contributed by atoms with Gasteiger partial charge in [0, 0.05) is 17.3 Å². The van der Waals surface area contributed by atoms with Gasteiger partial charge in [0.1, 0.15) is 17.0 Å². The summed E-state index contributed by atoms with van der Waals surface area (Å²) in [5.74, 6) is -2.21. The summed E-state index contributed by atoms with van der Waals surface area (Å²) < 4.78 is 28.3. The van der Waals surface area contributed by atoms with E-state index in [1.165, 1.54) is 30.2 Å². The molecule has 0 aromatic heterocycles. The second-order valence-electron chi connectivity index (χ2n) is 7.93. The zero-order valence-corrected chi connectivity index (χ0v) is 19.0. The molecule has 1 amide bonds. The highest BCUT2D eigenvalue weighted by Gasteiger charge is 2.39. The van der Waals surface area contributed by atoms with E-state index < -0.39 is 28.8 Å². The first-order chi connectivity index (χ1) is 16.2. The van der Waals surface area contributed by atoms with Crippen LogP contribution in [0.5, 0.6) is 0 Å². The minimum absolute atomic E-state index is 0.0523. The van der Waals surface area contributed by atoms with Crippen molar-refractivity contribution in [2.75, 3.05) is 10.3 Å². The lowest BCUT2D eigenvalue weighted by Crippen LogP contribution is -2.41. The summed E-state index contributed by atoms with van der Waals surface area (Å²) in [6, 6.07) is 7.89. The number of carbonyl (C=O) groups is 2. The number of hydrogen-bond donors (Lipinski definition) is 3. The molecule has 9 heteroatoms. The number of ketones is 1. The second kappa shape index (κ2) is 9.32. The van der Waals surface area contributed by atoms with Crippen molar-refractivity contribution in [2.24, 2.45) is 0 Å². The van der Waals surface area contributed by atoms with Gasteiger partial charge < -0.3 is 5.32 Å². The van der Waals surface area contributed by atoms with Gasteiger partial charge in [-0.05, 0) is 61.2 Å². The SMILES string of the molecule is C=C/C=C(\C(=N)Cl)C(=O)Nc1ccc2c(c1)C1=C(CC2)C(C(C)=O)NN1c1ccc(F)cc1F. The molecule has 1 heterocycles. The Morgan fingerprint density at radius 3 is 2.65 bits per heavy atom. The Balaban J connectivity index is 1.78. The molecule has 0 saturated carbocycles. The normalized spacial score (nSPS) is 17.2. The maximum atomic E-state index is 14.7. The summed E-state index contributed by atoms with van der Waals surface area (Å²) in [4.78, 5) is 25.0. The molecule has 2 aromatic rings. The fraction of sp³-hybridized carbons (Fsp3) is 0.160. The highest BCUT2D eigenvalue weighted by Crippen LogP contribution is 2.42. The number of anilines is 2. The van der Waals surface area contributed by atoms with Crippen LogP contribution in [0.25, 0.3) is 5.70 Å². The van der Waals surface area contributed by atoms with Gasteiger partial charge in [0.15, 0.2) is 11.6 Å². The first-order valence-corrected chi connectivity index (χ1v) is 10.9. The predicted molar refractivity (Wildman–Crippen MR) is 129 cm³/mol. The topological polar surface area (TPSA) is 85.3 Å². The third-order valence-electron chi connectivity index (χ3n) is 5.74. The summed E-state index contributed by atoms with van der Waals surface area (Å²) in [5.41, 5.74) is 6.54. The number of carbonyl (C=O) groups excluding carboxylic acids is 2. The van der Waals surface area contributed by atoms with E-state index in [1.54, 1.807) is 12.1 Å². The number of nitrogens with zero attached hydrogens (tertiary/aromatic N) is 1. The molecule has 0 radical (unpaired) electrons. The molecule has 3 N–H and O–H groups in total. The van der Waals surface area contributed by atoms with Gasteiger partial charge >= 0.3 is 0 Å². The Labute approximate surface area is 200 Å². The number of aryl methyl sites for hydroxylation is 1. The van der Waals surface area contributed by atoms with Crippen LogP contribution in [-0.2, 0) is 16.0 Å². The number of Topliss-reactive ketones (excluding diaryl/α,β-unsaturated/α-hetero) is 1. The average Bonchev–Trinajstić information content (AvgIpc) is 3.17. The maximum Gasteiger partial charge on any atom is 0.258 e. The van der Waals surface area contributed by atoms with Crippen LogP contribution in [0.2, 0.25) is 0 Å². The van der Waals surface area contributed by atoms with Gasteiger partial charge in [0.2, 0.25) is 0 Å². The fourth-order valence-electron chi connectivity index (χ4n) is 4.22. The van der Waals surface area contributed by atoms with E-state index in [4.69, 9.17) is 17.0 Å². The molecular formula is C25H21ClF2N4O2. The van der Waals surface area contributed by atoms with E-state index in [-0.39, 0.29) is 17.0 Å². The average molecular weight is 483 g/mol. The second-order valence-corrected chi connectivity index (χ2v) is 8.31. The van der Waals surface area contributed by atoms with Crippen LogP contribution in [0.15, 0.2) is 66.3 Å². The monoisotopic (exact) mass is 482 g/mol. The number of hydrogen-bond acceptors (Lipinski definition) is 5. The number of fused-ring (bicyclic) bond motifs is 2. The molecule has 6 nitrogen and oxygen atoms in total. The molecule has 2 aromatic carbocycles. The third kappa shape index (κ3) is 4.30. The number of benzene rings is 2. The van der Waals surface area contributed by atoms with Gasteiger partial charge in [-0.25, -0.2) is 14.2 Å². The molecule has 1 unspecified atom stereocenters. The Kier molecular flexibility index (Phi) is 6.45. The van der Waals surface area contributed by atoms with E-state index in [1.807, 2.05) is 6.07 Å². The van der Waals surface area contributed by atoms with E-state index in [0.717, 1.165) is 23.3 Å². The number of rotatable bonds is 6. The third-order valence-corrected chi connectivity index (χ3v) is 5.95. The molecule has 1 atom stereocenters. The summed E-state index contributed by atoms with van der Waals surface area (Å²) in [6.45, 7) is 4.98. The summed E-state index contributed by atoms with van der Waals surface area (Å²) in [7, 11) is 0. The largest absolute Gasteiger partial charge is 0.322 e. The van der Waals surface area contributed by atoms with Crippen LogP contribution in [0.1, 0.15) is 24.5 Å². The van der Waals surface area contributed by atoms with Crippen molar-refractivity contribution in [1.82, 2.24) is 5.43 Å². The standard InChI is InChI=1S/C25H21ClF2N4O2/c1-3-4-18(24(26)29)25(34)30-16-8-5-14-6-9-17-22(13(2)33)31-32(23(17)19(14)12-16)21-10-7-15(27)11-20(21)28/h3-5,7-8,10-12,22,29,31H,1,6,9H2,2H3,(H,30,34)/b18-4+,29-24?. The first-order valence-electron chi connectivity index (χ1n) is 10.5. The number of allylic oxidation sites excluding steroid dienone is 2. The zero-order valence-electron chi connectivity index (χ0n) is 18.2. The van der Waals surface area contributed by atoms with Crippen molar-refractivity contribution in [1.29, 1.82) is 5.41 Å². The molecule has 0 spiro atoms. The Bertz CT molecular complexity index is 1300. The van der Waals surface area contributed by atoms with Gasteiger partial charge in [-0.15, -0.1) is 0 Å². The summed E-state index contributed by atoms with van der Waals surface area (Å²) in [5, 5.41) is 11.3. The van der Waals surface area contributed by atoms with Crippen molar-refractivity contribution in [3.05, 3.63) is 89.0 Å². The number of amides is 1. The van der Waals surface area contributed by atoms with Crippen LogP contribution in [-0.4, -0.2) is 22.9 Å². The van der Waals surface area contributed by atoms with E-state index in [2.05, 4.69) is 17.3 Å². The molecule has 4 rings (SSSR count). The van der Waals surface area contributed by atoms with E-state index in [0.29, 0.717) is 29.8 Å². The quantitative estimate of drug-likeness (QED) is 0.311. The fourth-order valence-corrected chi connectivity index (χ4v) is 4.37. The van der Waals surface area contributed by atoms with Crippen molar-refractivity contribution < 1.29 is 18.4 Å². The van der Waals surface area contributed by atoms with Gasteiger partial charge in [-0.1, -0.05) is 30.3 Å². The van der Waals surface area contributed by atoms with Crippen LogP contribution in [0.4, 0.5) is 20.2 Å². The van der Waals surface area contributed by atoms with Gasteiger partial charge in [0.25, 0.3) is 5.91 Å². The first kappa shape index (κ1) is 23.5. The maximum absolute atomic E-state index is 14.7. The van der Waals surface area contributed by atoms with Gasteiger partial charge in [-0.3, -0.25) is 20.0 Å². The molecular weight excluding hydrogens is 462 g/mol. The smallest absolute Gasteiger partial charge is 0.258 e. The van der Waals surface area contributed by atoms with Crippen molar-refractivity contribution in [3.63, 3.8) is 0 Å². The Morgan fingerprint density at radius 2 is 2.00 bits per heavy atom. The Hall–Kier alpha value is -3.62. The van der Waals surface area contributed by atoms with Gasteiger partial charge in [-0.2, -0.15) is 0 Å². The zero-order chi connectivity index (χ0) is 24.6. The molecule has 0 fully saturated rings. The molecule has 1 aliphatic heterocycles. The predicted octanol–water partition coefficient (Wildman–Crippen LogP) is 4.87. The number of halogens is 3. The van der Waals surface area contributed by atoms with Crippen molar-refractivity contribution in [2.45, 2.75) is 25.8 Å². The van der Waals surface area contributed by atoms with E-state index >= 15 is 0 Å². The lowest BCUT2D eigenvalue weighted by atomic mass is 9.86. The van der Waals surface area contributed by atoms with Crippen LogP contribution < -0.4 is 15.8 Å². The summed E-state index contributed by atoms with van der Waals surface area (Å²) in [6.07, 6.45) is 3.93. The molecule has 0 saturated heterocycles. The van der Waals surface area contributed by atoms with Crippen LogP contribution >= 0.6 is 11.6 Å². The molecule has 34 heavy (non-hydrogen) atoms. The lowest BCUT2D eigenvalue weighted by molar-refractivity contribution is -0.118.